The summed E-state index contributed by atoms with van der Waals surface area (Å²) in [4.78, 5) is 30.1. The molecule has 0 unspecified atom stereocenters. The number of carbonyl (C=O) groups excluding carboxylic acids is 1. The molecular formula is C15H19N3O3. The smallest absolute Gasteiger partial charge is 0.406 e. The number of H-pyrrole nitrogens is 1. The molecule has 1 saturated heterocycles. The van der Waals surface area contributed by atoms with Crippen LogP contribution in [0.1, 0.15) is 13.8 Å². The van der Waals surface area contributed by atoms with E-state index in [-0.39, 0.29) is 11.8 Å². The number of rotatable bonds is 2. The third kappa shape index (κ3) is 2.53. The minimum absolute atomic E-state index is 0.0303. The van der Waals surface area contributed by atoms with Crippen LogP contribution in [0.15, 0.2) is 27.4 Å². The van der Waals surface area contributed by atoms with Gasteiger partial charge in [-0.15, -0.1) is 0 Å². The minimum Gasteiger partial charge on any atom is -0.406 e. The third-order valence-corrected chi connectivity index (χ3v) is 3.85. The van der Waals surface area contributed by atoms with E-state index in [2.05, 4.69) is 9.88 Å². The molecule has 0 aliphatic carbocycles. The Hall–Kier alpha value is -2.24. The molecule has 1 N–H and O–H groups in total. The Morgan fingerprint density at radius 2 is 1.95 bits per heavy atom. The fourth-order valence-corrected chi connectivity index (χ4v) is 2.74. The second-order valence-electron chi connectivity index (χ2n) is 5.64. The molecule has 2 aromatic rings. The van der Waals surface area contributed by atoms with Crippen LogP contribution in [0, 0.1) is 5.92 Å². The van der Waals surface area contributed by atoms with E-state index in [1.807, 2.05) is 36.9 Å². The van der Waals surface area contributed by atoms with Crippen molar-refractivity contribution in [3.8, 4) is 0 Å². The lowest BCUT2D eigenvalue weighted by Crippen LogP contribution is -2.49. The molecule has 0 spiro atoms. The first kappa shape index (κ1) is 13.7. The molecule has 1 amide bonds. The molecule has 112 valence electrons. The molecule has 0 saturated carbocycles. The number of nitrogens with zero attached hydrogens (tertiary/aromatic N) is 2. The summed E-state index contributed by atoms with van der Waals surface area (Å²) in [6.07, 6.45) is 0. The number of para-hydroxylation sites is 1. The van der Waals surface area contributed by atoms with E-state index < -0.39 is 5.76 Å². The summed E-state index contributed by atoms with van der Waals surface area (Å²) >= 11 is 0. The van der Waals surface area contributed by atoms with E-state index in [0.717, 1.165) is 18.8 Å². The number of oxazole rings is 1. The molecule has 1 fully saturated rings. The summed E-state index contributed by atoms with van der Waals surface area (Å²) in [5.41, 5.74) is 2.20. The average molecular weight is 289 g/mol. The maximum Gasteiger partial charge on any atom is 0.417 e. The molecule has 3 rings (SSSR count). The molecular weight excluding hydrogens is 270 g/mol. The average Bonchev–Trinajstić information content (AvgIpc) is 2.86. The number of aromatic nitrogens is 1. The van der Waals surface area contributed by atoms with Crippen LogP contribution in [-0.4, -0.2) is 42.0 Å². The van der Waals surface area contributed by atoms with Gasteiger partial charge in [-0.05, 0) is 12.1 Å². The van der Waals surface area contributed by atoms with Crippen molar-refractivity contribution < 1.29 is 9.21 Å². The summed E-state index contributed by atoms with van der Waals surface area (Å²) in [5.74, 6) is -0.213. The lowest BCUT2D eigenvalue weighted by molar-refractivity contribution is -0.134. The maximum absolute atomic E-state index is 12.0. The molecule has 6 heteroatoms. The van der Waals surface area contributed by atoms with Gasteiger partial charge in [-0.2, -0.15) is 0 Å². The molecule has 1 aliphatic rings. The van der Waals surface area contributed by atoms with Crippen molar-refractivity contribution in [2.75, 3.05) is 31.1 Å². The number of piperazine rings is 1. The number of aromatic amines is 1. The lowest BCUT2D eigenvalue weighted by Gasteiger charge is -2.36. The Morgan fingerprint density at radius 3 is 2.62 bits per heavy atom. The minimum atomic E-state index is -0.439. The van der Waals surface area contributed by atoms with Crippen LogP contribution in [0.25, 0.3) is 11.1 Å². The first-order chi connectivity index (χ1) is 10.1. The van der Waals surface area contributed by atoms with Crippen molar-refractivity contribution in [2.45, 2.75) is 13.8 Å². The Morgan fingerprint density at radius 1 is 1.24 bits per heavy atom. The highest BCUT2D eigenvalue weighted by Gasteiger charge is 2.24. The van der Waals surface area contributed by atoms with Crippen molar-refractivity contribution in [3.63, 3.8) is 0 Å². The fourth-order valence-electron chi connectivity index (χ4n) is 2.74. The van der Waals surface area contributed by atoms with Crippen molar-refractivity contribution >= 4 is 22.7 Å². The van der Waals surface area contributed by atoms with E-state index in [4.69, 9.17) is 4.42 Å². The molecule has 0 bridgehead atoms. The van der Waals surface area contributed by atoms with Gasteiger partial charge in [-0.3, -0.25) is 9.78 Å². The number of benzene rings is 1. The Bertz CT molecular complexity index is 708. The number of carbonyl (C=O) groups is 1. The summed E-state index contributed by atoms with van der Waals surface area (Å²) in [5, 5.41) is 0. The summed E-state index contributed by atoms with van der Waals surface area (Å²) in [6.45, 7) is 6.72. The normalized spacial score (nSPS) is 16.0. The Labute approximate surface area is 122 Å². The second kappa shape index (κ2) is 5.27. The highest BCUT2D eigenvalue weighted by Crippen LogP contribution is 2.26. The van der Waals surface area contributed by atoms with Crippen molar-refractivity contribution in [2.24, 2.45) is 5.92 Å². The van der Waals surface area contributed by atoms with Gasteiger partial charge in [0.25, 0.3) is 0 Å². The van der Waals surface area contributed by atoms with Crippen molar-refractivity contribution in [3.05, 3.63) is 28.7 Å². The zero-order chi connectivity index (χ0) is 15.0. The summed E-state index contributed by atoms with van der Waals surface area (Å²) < 4.78 is 5.23. The molecule has 0 radical (unpaired) electrons. The van der Waals surface area contributed by atoms with E-state index >= 15 is 0 Å². The molecule has 0 atom stereocenters. The van der Waals surface area contributed by atoms with Crippen LogP contribution in [0.2, 0.25) is 0 Å². The highest BCUT2D eigenvalue weighted by atomic mass is 16.4. The fraction of sp³-hybridized carbons (Fsp3) is 0.467. The summed E-state index contributed by atoms with van der Waals surface area (Å²) in [7, 11) is 0. The van der Waals surface area contributed by atoms with Gasteiger partial charge in [0.05, 0.1) is 11.2 Å². The van der Waals surface area contributed by atoms with E-state index in [0.29, 0.717) is 24.2 Å². The van der Waals surface area contributed by atoms with Crippen LogP contribution >= 0.6 is 0 Å². The highest BCUT2D eigenvalue weighted by molar-refractivity contribution is 5.86. The molecule has 2 heterocycles. The molecule has 1 aliphatic heterocycles. The largest absolute Gasteiger partial charge is 0.417 e. The molecule has 21 heavy (non-hydrogen) atoms. The number of hydrogen-bond acceptors (Lipinski definition) is 4. The number of hydrogen-bond donors (Lipinski definition) is 1. The van der Waals surface area contributed by atoms with Crippen molar-refractivity contribution in [1.82, 2.24) is 9.88 Å². The quantitative estimate of drug-likeness (QED) is 0.908. The molecule has 6 nitrogen and oxygen atoms in total. The number of fused-ring (bicyclic) bond motifs is 1. The van der Waals surface area contributed by atoms with Crippen LogP contribution in [-0.2, 0) is 4.79 Å². The van der Waals surface area contributed by atoms with Gasteiger partial charge in [0.2, 0.25) is 5.91 Å². The standard InChI is InChI=1S/C15H19N3O3/c1-10(2)14(19)18-8-6-17(7-9-18)12-5-3-4-11-13(12)21-15(20)16-11/h3-5,10H,6-9H2,1-2H3,(H,16,20). The SMILES string of the molecule is CC(C)C(=O)N1CCN(c2cccc3[nH]c(=O)oc23)CC1. The summed E-state index contributed by atoms with van der Waals surface area (Å²) in [6, 6.07) is 5.66. The van der Waals surface area contributed by atoms with Gasteiger partial charge in [-0.25, -0.2) is 4.79 Å². The third-order valence-electron chi connectivity index (χ3n) is 3.85. The van der Waals surface area contributed by atoms with Gasteiger partial charge in [0.1, 0.15) is 0 Å². The van der Waals surface area contributed by atoms with E-state index in [1.165, 1.54) is 0 Å². The van der Waals surface area contributed by atoms with Gasteiger partial charge in [0, 0.05) is 32.1 Å². The Kier molecular flexibility index (Phi) is 3.45. The van der Waals surface area contributed by atoms with Gasteiger partial charge < -0.3 is 14.2 Å². The van der Waals surface area contributed by atoms with Gasteiger partial charge in [-0.1, -0.05) is 19.9 Å². The Balaban J connectivity index is 1.80. The monoisotopic (exact) mass is 289 g/mol. The lowest BCUT2D eigenvalue weighted by atomic mass is 10.1. The predicted molar refractivity (Wildman–Crippen MR) is 80.5 cm³/mol. The van der Waals surface area contributed by atoms with Crippen LogP contribution in [0.4, 0.5) is 5.69 Å². The first-order valence-corrected chi connectivity index (χ1v) is 7.22. The second-order valence-corrected chi connectivity index (χ2v) is 5.64. The number of amides is 1. The van der Waals surface area contributed by atoms with Crippen molar-refractivity contribution in [1.29, 1.82) is 0 Å². The predicted octanol–water partition coefficient (Wildman–Crippen LogP) is 1.43. The zero-order valence-corrected chi connectivity index (χ0v) is 12.3. The first-order valence-electron chi connectivity index (χ1n) is 7.22. The van der Waals surface area contributed by atoms with Gasteiger partial charge >= 0.3 is 5.76 Å². The number of anilines is 1. The molecule has 1 aromatic heterocycles. The number of nitrogens with one attached hydrogen (secondary N) is 1. The van der Waals surface area contributed by atoms with Gasteiger partial charge in [0.15, 0.2) is 5.58 Å². The van der Waals surface area contributed by atoms with Crippen LogP contribution in [0.3, 0.4) is 0 Å². The van der Waals surface area contributed by atoms with E-state index in [9.17, 15) is 9.59 Å². The maximum atomic E-state index is 12.0. The van der Waals surface area contributed by atoms with Crippen LogP contribution in [0.5, 0.6) is 0 Å². The molecule has 1 aromatic carbocycles. The zero-order valence-electron chi connectivity index (χ0n) is 12.3. The topological polar surface area (TPSA) is 69.6 Å². The van der Waals surface area contributed by atoms with Crippen LogP contribution < -0.4 is 10.7 Å². The van der Waals surface area contributed by atoms with E-state index in [1.54, 1.807) is 0 Å².